The van der Waals surface area contributed by atoms with Crippen LogP contribution < -0.4 is 10.6 Å². The molecule has 0 aliphatic carbocycles. The number of halogens is 5. The molecule has 1 fully saturated rings. The molecule has 3 aromatic rings. The number of alkyl halides is 5. The third-order valence-corrected chi connectivity index (χ3v) is 11.5. The molecule has 0 bridgehead atoms. The van der Waals surface area contributed by atoms with E-state index >= 15 is 0 Å². The molecule has 5 unspecified atom stereocenters. The predicted octanol–water partition coefficient (Wildman–Crippen LogP) is 4.45. The summed E-state index contributed by atoms with van der Waals surface area (Å²) in [6.07, 6.45) is -11.0. The van der Waals surface area contributed by atoms with Gasteiger partial charge in [-0.15, -0.1) is 0 Å². The molecule has 1 amide bonds. The standard InChI is InChI=1S/C24H29F5N6O10P2S2/c1-48-10-8-30-18-15-19(34-21(33-18)49-9-7-23(25,26)27)35(12-31-15)20-17(45-22(37)32-13-5-3-2-4-6-13)16(36)14(44-20)11-43-47(41,42)24(28,29)46(38,39)40/h2-6,12,14,16-17,20,36H,7-11H2,1H3,(H,32,37)(H,41,42)(H,30,33,34)(H2,38,39,40). The first-order chi connectivity index (χ1) is 22.8. The fourth-order valence-corrected chi connectivity index (χ4v) is 7.34. The van der Waals surface area contributed by atoms with Crippen molar-refractivity contribution in [3.8, 4) is 0 Å². The number of nitrogens with one attached hydrogen (secondary N) is 2. The molecule has 1 saturated heterocycles. The van der Waals surface area contributed by atoms with Crippen LogP contribution in [0.3, 0.4) is 0 Å². The van der Waals surface area contributed by atoms with E-state index in [1.165, 1.54) is 23.9 Å². The van der Waals surface area contributed by atoms with Crippen LogP contribution in [0.2, 0.25) is 0 Å². The normalized spacial score (nSPS) is 21.4. The molecule has 49 heavy (non-hydrogen) atoms. The number of amides is 1. The number of rotatable bonds is 15. The summed E-state index contributed by atoms with van der Waals surface area (Å²) >= 11 is 2.16. The van der Waals surface area contributed by atoms with Gasteiger partial charge >= 0.3 is 32.9 Å². The Morgan fingerprint density at radius 1 is 1.10 bits per heavy atom. The maximum atomic E-state index is 14.1. The summed E-state index contributed by atoms with van der Waals surface area (Å²) in [5.74, 6) is 0.271. The molecule has 4 rings (SSSR count). The van der Waals surface area contributed by atoms with Crippen molar-refractivity contribution in [2.45, 2.75) is 47.7 Å². The van der Waals surface area contributed by atoms with Crippen molar-refractivity contribution in [1.82, 2.24) is 19.5 Å². The number of fused-ring (bicyclic) bond motifs is 1. The maximum absolute atomic E-state index is 14.1. The maximum Gasteiger partial charge on any atom is 0.443 e. The van der Waals surface area contributed by atoms with Crippen LogP contribution in [-0.4, -0.2) is 106 Å². The lowest BCUT2D eigenvalue weighted by molar-refractivity contribution is -0.129. The minimum Gasteiger partial charge on any atom is -0.438 e. The van der Waals surface area contributed by atoms with Crippen molar-refractivity contribution in [3.63, 3.8) is 0 Å². The third-order valence-electron chi connectivity index (χ3n) is 6.57. The lowest BCUT2D eigenvalue weighted by Gasteiger charge is -2.24. The average Bonchev–Trinajstić information content (AvgIpc) is 3.56. The Morgan fingerprint density at radius 3 is 2.43 bits per heavy atom. The molecule has 25 heteroatoms. The Kier molecular flexibility index (Phi) is 12.6. The van der Waals surface area contributed by atoms with Gasteiger partial charge in [0.2, 0.25) is 0 Å². The van der Waals surface area contributed by atoms with Crippen LogP contribution in [0.4, 0.5) is 38.3 Å². The first kappa shape index (κ1) is 39.2. The van der Waals surface area contributed by atoms with Crippen LogP contribution in [0.1, 0.15) is 12.6 Å². The molecule has 1 aromatic carbocycles. The van der Waals surface area contributed by atoms with Gasteiger partial charge in [-0.2, -0.15) is 33.7 Å². The van der Waals surface area contributed by atoms with Crippen molar-refractivity contribution >= 4 is 67.5 Å². The van der Waals surface area contributed by atoms with Crippen LogP contribution in [0.15, 0.2) is 41.8 Å². The van der Waals surface area contributed by atoms with Crippen LogP contribution in [0, 0.1) is 0 Å². The molecule has 1 aliphatic rings. The van der Waals surface area contributed by atoms with Gasteiger partial charge in [0.15, 0.2) is 34.5 Å². The number of hydrogen-bond acceptors (Lipinski definition) is 13. The monoisotopic (exact) mass is 782 g/mol. The number of nitrogens with zero attached hydrogens (tertiary/aromatic N) is 4. The second kappa shape index (κ2) is 15.7. The Hall–Kier alpha value is -2.59. The van der Waals surface area contributed by atoms with E-state index in [4.69, 9.17) is 19.3 Å². The van der Waals surface area contributed by atoms with Gasteiger partial charge in [0.05, 0.1) is 19.4 Å². The highest BCUT2D eigenvalue weighted by Gasteiger charge is 2.65. The molecular formula is C24H29F5N6O10P2S2. The number of carbonyl (C=O) groups excluding carboxylic acids is 1. The molecule has 6 N–H and O–H groups in total. The number of aliphatic hydroxyl groups excluding tert-OH is 1. The quantitative estimate of drug-likeness (QED) is 0.0412. The summed E-state index contributed by atoms with van der Waals surface area (Å²) < 4.78 is 107. The van der Waals surface area contributed by atoms with E-state index in [0.717, 1.165) is 10.9 Å². The van der Waals surface area contributed by atoms with Gasteiger partial charge in [-0.05, 0) is 18.4 Å². The van der Waals surface area contributed by atoms with Gasteiger partial charge in [0.1, 0.15) is 12.2 Å². The van der Waals surface area contributed by atoms with Crippen molar-refractivity contribution < 1.29 is 69.7 Å². The van der Waals surface area contributed by atoms with Crippen LogP contribution >= 0.6 is 38.7 Å². The SMILES string of the molecule is CSCCNc1nc(SCCC(F)(F)F)nc2c1ncn2C1OC(COP(=O)(O)C(F)(F)P(=O)(O)O)C(O)C1OC(=O)Nc1ccccc1. The summed E-state index contributed by atoms with van der Waals surface area (Å²) in [5.41, 5.74) is 0.251. The van der Waals surface area contributed by atoms with E-state index in [1.807, 2.05) is 6.26 Å². The lowest BCUT2D eigenvalue weighted by Crippen LogP contribution is -2.38. The number of imidazole rings is 1. The highest BCUT2D eigenvalue weighted by Crippen LogP contribution is 2.73. The summed E-state index contributed by atoms with van der Waals surface area (Å²) in [7, 11) is -12.9. The first-order valence-electron chi connectivity index (χ1n) is 13.8. The Labute approximate surface area is 282 Å². The number of hydrogen-bond donors (Lipinski definition) is 6. The van der Waals surface area contributed by atoms with Crippen molar-refractivity contribution in [3.05, 3.63) is 36.7 Å². The van der Waals surface area contributed by atoms with Gasteiger partial charge in [-0.1, -0.05) is 30.0 Å². The van der Waals surface area contributed by atoms with Crippen LogP contribution in [-0.2, 0) is 23.1 Å². The van der Waals surface area contributed by atoms with Gasteiger partial charge in [0, 0.05) is 23.7 Å². The van der Waals surface area contributed by atoms with E-state index in [0.29, 0.717) is 24.1 Å². The predicted molar refractivity (Wildman–Crippen MR) is 167 cm³/mol. The summed E-state index contributed by atoms with van der Waals surface area (Å²) in [6, 6.07) is 7.84. The number of para-hydroxylation sites is 1. The number of aliphatic hydroxyl groups is 1. The summed E-state index contributed by atoms with van der Waals surface area (Å²) in [6.45, 7) is -1.00. The number of carbonyl (C=O) groups is 1. The van der Waals surface area contributed by atoms with Crippen LogP contribution in [0.25, 0.3) is 11.2 Å². The molecule has 0 radical (unpaired) electrons. The molecule has 16 nitrogen and oxygen atoms in total. The molecule has 3 heterocycles. The zero-order chi connectivity index (χ0) is 36.2. The van der Waals surface area contributed by atoms with E-state index < -0.39 is 76.2 Å². The highest BCUT2D eigenvalue weighted by molar-refractivity contribution is 7.99. The molecule has 2 aromatic heterocycles. The Balaban J connectivity index is 1.69. The topological polar surface area (TPSA) is 227 Å². The number of thioether (sulfide) groups is 2. The average molecular weight is 783 g/mol. The van der Waals surface area contributed by atoms with E-state index in [1.54, 1.807) is 18.2 Å². The van der Waals surface area contributed by atoms with Gasteiger partial charge in [-0.3, -0.25) is 19.0 Å². The van der Waals surface area contributed by atoms with Crippen molar-refractivity contribution in [1.29, 1.82) is 0 Å². The number of ether oxygens (including phenoxy) is 2. The Morgan fingerprint density at radius 2 is 1.80 bits per heavy atom. The van der Waals surface area contributed by atoms with E-state index in [2.05, 4.69) is 30.1 Å². The number of aromatic nitrogens is 4. The zero-order valence-corrected chi connectivity index (χ0v) is 28.4. The molecule has 5 atom stereocenters. The smallest absolute Gasteiger partial charge is 0.438 e. The molecular weight excluding hydrogens is 753 g/mol. The largest absolute Gasteiger partial charge is 0.443 e. The minimum absolute atomic E-state index is 0.0766. The zero-order valence-electron chi connectivity index (χ0n) is 24.9. The summed E-state index contributed by atoms with van der Waals surface area (Å²) in [4.78, 5) is 53.1. The number of benzene rings is 1. The molecule has 0 spiro atoms. The fraction of sp³-hybridized carbons (Fsp3) is 0.500. The lowest BCUT2D eigenvalue weighted by atomic mass is 10.1. The Bertz CT molecular complexity index is 1710. The number of anilines is 2. The van der Waals surface area contributed by atoms with Gasteiger partial charge < -0.3 is 39.1 Å². The first-order valence-corrected chi connectivity index (χ1v) is 19.4. The second-order valence-electron chi connectivity index (χ2n) is 10.1. The fourth-order valence-electron chi connectivity index (χ4n) is 4.22. The van der Waals surface area contributed by atoms with Crippen LogP contribution in [0.5, 0.6) is 0 Å². The molecule has 0 saturated carbocycles. The van der Waals surface area contributed by atoms with Gasteiger partial charge in [-0.25, -0.2) is 19.7 Å². The van der Waals surface area contributed by atoms with E-state index in [9.17, 15) is 45.9 Å². The van der Waals surface area contributed by atoms with Gasteiger partial charge in [0.25, 0.3) is 0 Å². The van der Waals surface area contributed by atoms with E-state index in [-0.39, 0.29) is 27.8 Å². The minimum atomic E-state index is -6.50. The molecule has 272 valence electrons. The summed E-state index contributed by atoms with van der Waals surface area (Å²) in [5, 5.41) is 10.9. The van der Waals surface area contributed by atoms with Crippen molar-refractivity contribution in [2.24, 2.45) is 0 Å². The second-order valence-corrected chi connectivity index (χ2v) is 16.0. The third kappa shape index (κ3) is 9.60. The highest BCUT2D eigenvalue weighted by atomic mass is 32.2. The van der Waals surface area contributed by atoms with Crippen molar-refractivity contribution in [2.75, 3.05) is 41.5 Å². The molecule has 1 aliphatic heterocycles.